The number of aryl methyl sites for hydroxylation is 1. The number of nitrogens with one attached hydrogen (secondary N) is 2. The number of aromatic nitrogens is 4. The fraction of sp³-hybridized carbons (Fsp3) is 0.222. The summed E-state index contributed by atoms with van der Waals surface area (Å²) in [6.45, 7) is 5.83. The van der Waals surface area contributed by atoms with E-state index in [0.29, 0.717) is 16.9 Å². The van der Waals surface area contributed by atoms with Crippen LogP contribution in [0.3, 0.4) is 0 Å². The van der Waals surface area contributed by atoms with Gasteiger partial charge in [0.15, 0.2) is 5.82 Å². The number of benzene rings is 1. The molecule has 0 aliphatic heterocycles. The molecule has 0 unspecified atom stereocenters. The van der Waals surface area contributed by atoms with Gasteiger partial charge in [0, 0.05) is 17.3 Å². The number of amides is 1. The molecule has 0 radical (unpaired) electrons. The lowest BCUT2D eigenvalue weighted by Crippen LogP contribution is -2.18. The Balaban J connectivity index is 1.91. The normalized spacial score (nSPS) is 10.9. The molecule has 3 aromatic rings. The number of nitrogens with zero attached hydrogens (tertiary/aromatic N) is 4. The number of hydroxylamine groups is 1. The molecule has 0 saturated carbocycles. The van der Waals surface area contributed by atoms with Gasteiger partial charge in [-0.25, -0.2) is 24.8 Å². The summed E-state index contributed by atoms with van der Waals surface area (Å²) in [6, 6.07) is 6.39. The van der Waals surface area contributed by atoms with Crippen LogP contribution in [0.4, 0.5) is 16.0 Å². The molecular formula is C18H19FN6O2. The smallest absolute Gasteiger partial charge is 0.274 e. The monoisotopic (exact) mass is 370 g/mol. The predicted octanol–water partition coefficient (Wildman–Crippen LogP) is 3.23. The number of hydrogen-bond donors (Lipinski definition) is 3. The highest BCUT2D eigenvalue weighted by Gasteiger charge is 2.17. The molecule has 9 heteroatoms. The molecule has 3 N–H and O–H groups in total. The Kier molecular flexibility index (Phi) is 5.13. The quantitative estimate of drug-likeness (QED) is 0.470. The number of hydrogen-bond acceptors (Lipinski definition) is 6. The average Bonchev–Trinajstić information content (AvgIpc) is 3.05. The van der Waals surface area contributed by atoms with Crippen LogP contribution >= 0.6 is 0 Å². The third kappa shape index (κ3) is 3.77. The standard InChI is InChI=1S/C18H19FN6O2/c1-10(2)25-11(3)20-9-15(25)16-14(19)8-21-18(23-16)22-13-6-4-12(5-7-13)17(26)24-27/h4-10,27H,1-3H3,(H,24,26)(H,21,22,23). The van der Waals surface area contributed by atoms with E-state index >= 15 is 0 Å². The maximum absolute atomic E-state index is 14.4. The molecule has 1 amide bonds. The number of rotatable bonds is 5. The van der Waals surface area contributed by atoms with E-state index < -0.39 is 11.7 Å². The molecule has 0 fully saturated rings. The van der Waals surface area contributed by atoms with Crippen molar-refractivity contribution in [2.75, 3.05) is 5.32 Å². The molecule has 2 aromatic heterocycles. The molecule has 140 valence electrons. The number of imidazole rings is 1. The summed E-state index contributed by atoms with van der Waals surface area (Å²) < 4.78 is 16.3. The molecule has 1 aromatic carbocycles. The van der Waals surface area contributed by atoms with Gasteiger partial charge < -0.3 is 9.88 Å². The summed E-state index contributed by atoms with van der Waals surface area (Å²) in [5.74, 6) is -0.179. The Labute approximate surface area is 155 Å². The third-order valence-electron chi connectivity index (χ3n) is 3.99. The van der Waals surface area contributed by atoms with Gasteiger partial charge in [0.05, 0.1) is 18.1 Å². The van der Waals surface area contributed by atoms with Crippen LogP contribution in [-0.4, -0.2) is 30.6 Å². The van der Waals surface area contributed by atoms with Gasteiger partial charge in [-0.3, -0.25) is 10.0 Å². The van der Waals surface area contributed by atoms with Crippen LogP contribution in [0.25, 0.3) is 11.4 Å². The van der Waals surface area contributed by atoms with Crippen LogP contribution in [-0.2, 0) is 0 Å². The van der Waals surface area contributed by atoms with Crippen molar-refractivity contribution in [3.8, 4) is 11.4 Å². The van der Waals surface area contributed by atoms with E-state index in [-0.39, 0.29) is 17.7 Å². The maximum Gasteiger partial charge on any atom is 0.274 e. The van der Waals surface area contributed by atoms with Gasteiger partial charge in [-0.05, 0) is 45.0 Å². The van der Waals surface area contributed by atoms with Gasteiger partial charge >= 0.3 is 0 Å². The second-order valence-corrected chi connectivity index (χ2v) is 6.19. The summed E-state index contributed by atoms with van der Waals surface area (Å²) in [5, 5.41) is 11.6. The van der Waals surface area contributed by atoms with Gasteiger partial charge in [-0.15, -0.1) is 0 Å². The zero-order valence-electron chi connectivity index (χ0n) is 15.1. The highest BCUT2D eigenvalue weighted by atomic mass is 19.1. The third-order valence-corrected chi connectivity index (χ3v) is 3.99. The Hall–Kier alpha value is -3.33. The van der Waals surface area contributed by atoms with Crippen molar-refractivity contribution in [2.24, 2.45) is 0 Å². The number of carbonyl (C=O) groups excluding carboxylic acids is 1. The Morgan fingerprint density at radius 1 is 1.19 bits per heavy atom. The fourth-order valence-corrected chi connectivity index (χ4v) is 2.79. The first-order valence-corrected chi connectivity index (χ1v) is 8.29. The first-order valence-electron chi connectivity index (χ1n) is 8.29. The zero-order valence-corrected chi connectivity index (χ0v) is 15.1. The van der Waals surface area contributed by atoms with E-state index in [4.69, 9.17) is 5.21 Å². The first kappa shape index (κ1) is 18.5. The summed E-state index contributed by atoms with van der Waals surface area (Å²) in [4.78, 5) is 23.9. The molecule has 2 heterocycles. The molecule has 3 rings (SSSR count). The van der Waals surface area contributed by atoms with Crippen molar-refractivity contribution in [1.82, 2.24) is 25.0 Å². The first-order chi connectivity index (χ1) is 12.9. The Morgan fingerprint density at radius 3 is 2.52 bits per heavy atom. The van der Waals surface area contributed by atoms with Crippen LogP contribution in [0, 0.1) is 12.7 Å². The highest BCUT2D eigenvalue weighted by Crippen LogP contribution is 2.26. The molecule has 0 saturated heterocycles. The van der Waals surface area contributed by atoms with Crippen molar-refractivity contribution >= 4 is 17.5 Å². The maximum atomic E-state index is 14.4. The average molecular weight is 370 g/mol. The molecule has 0 spiro atoms. The van der Waals surface area contributed by atoms with E-state index in [1.807, 2.05) is 25.3 Å². The van der Waals surface area contributed by atoms with Crippen molar-refractivity contribution < 1.29 is 14.4 Å². The minimum Gasteiger partial charge on any atom is -0.324 e. The molecule has 0 aliphatic carbocycles. The Bertz CT molecular complexity index is 968. The van der Waals surface area contributed by atoms with Gasteiger partial charge in [0.1, 0.15) is 11.5 Å². The lowest BCUT2D eigenvalue weighted by molar-refractivity contribution is 0.0706. The molecule has 0 aliphatic rings. The zero-order chi connectivity index (χ0) is 19.6. The summed E-state index contributed by atoms with van der Waals surface area (Å²) >= 11 is 0. The second-order valence-electron chi connectivity index (χ2n) is 6.19. The highest BCUT2D eigenvalue weighted by molar-refractivity contribution is 5.93. The summed E-state index contributed by atoms with van der Waals surface area (Å²) in [7, 11) is 0. The number of anilines is 2. The van der Waals surface area contributed by atoms with E-state index in [0.717, 1.165) is 12.0 Å². The second kappa shape index (κ2) is 7.50. The van der Waals surface area contributed by atoms with Gasteiger partial charge in [0.2, 0.25) is 5.95 Å². The lowest BCUT2D eigenvalue weighted by atomic mass is 10.2. The van der Waals surface area contributed by atoms with Crippen LogP contribution < -0.4 is 10.8 Å². The SMILES string of the molecule is Cc1ncc(-c2nc(Nc3ccc(C(=O)NO)cc3)ncc2F)n1C(C)C. The van der Waals surface area contributed by atoms with E-state index in [1.54, 1.807) is 23.8 Å². The van der Waals surface area contributed by atoms with Crippen LogP contribution in [0.5, 0.6) is 0 Å². The number of carbonyl (C=O) groups is 1. The summed E-state index contributed by atoms with van der Waals surface area (Å²) in [6.07, 6.45) is 2.69. The van der Waals surface area contributed by atoms with Gasteiger partial charge in [-0.2, -0.15) is 0 Å². The fourth-order valence-electron chi connectivity index (χ4n) is 2.79. The topological polar surface area (TPSA) is 105 Å². The molecular weight excluding hydrogens is 351 g/mol. The predicted molar refractivity (Wildman–Crippen MR) is 97.3 cm³/mol. The van der Waals surface area contributed by atoms with Crippen LogP contribution in [0.15, 0.2) is 36.7 Å². The van der Waals surface area contributed by atoms with E-state index in [1.165, 1.54) is 12.1 Å². The van der Waals surface area contributed by atoms with Crippen molar-refractivity contribution in [2.45, 2.75) is 26.8 Å². The molecule has 0 atom stereocenters. The summed E-state index contributed by atoms with van der Waals surface area (Å²) in [5.41, 5.74) is 3.18. The molecule has 27 heavy (non-hydrogen) atoms. The lowest BCUT2D eigenvalue weighted by Gasteiger charge is -2.14. The van der Waals surface area contributed by atoms with Crippen molar-refractivity contribution in [3.63, 3.8) is 0 Å². The van der Waals surface area contributed by atoms with Crippen LogP contribution in [0.2, 0.25) is 0 Å². The number of halogens is 1. The van der Waals surface area contributed by atoms with Gasteiger partial charge in [-0.1, -0.05) is 0 Å². The van der Waals surface area contributed by atoms with Crippen molar-refractivity contribution in [1.29, 1.82) is 0 Å². The van der Waals surface area contributed by atoms with E-state index in [9.17, 15) is 9.18 Å². The Morgan fingerprint density at radius 2 is 1.89 bits per heavy atom. The molecule has 8 nitrogen and oxygen atoms in total. The van der Waals surface area contributed by atoms with Crippen LogP contribution in [0.1, 0.15) is 36.1 Å². The minimum atomic E-state index is -0.612. The van der Waals surface area contributed by atoms with Crippen molar-refractivity contribution in [3.05, 3.63) is 53.9 Å². The van der Waals surface area contributed by atoms with E-state index in [2.05, 4.69) is 20.3 Å². The van der Waals surface area contributed by atoms with Gasteiger partial charge in [0.25, 0.3) is 5.91 Å². The molecule has 0 bridgehead atoms. The minimum absolute atomic E-state index is 0.0958. The largest absolute Gasteiger partial charge is 0.324 e.